The van der Waals surface area contributed by atoms with Crippen LogP contribution in [0.15, 0.2) is 54.6 Å². The summed E-state index contributed by atoms with van der Waals surface area (Å²) in [6, 6.07) is 19.4. The molecule has 0 saturated carbocycles. The molecular weight excluding hydrogens is 326 g/mol. The molecule has 0 aromatic heterocycles. The van der Waals surface area contributed by atoms with Crippen LogP contribution in [0.2, 0.25) is 0 Å². The van der Waals surface area contributed by atoms with Gasteiger partial charge in [-0.3, -0.25) is 0 Å². The Balaban J connectivity index is 1.86. The van der Waals surface area contributed by atoms with Gasteiger partial charge in [-0.25, -0.2) is 0 Å². The Bertz CT molecular complexity index is 651. The molecule has 2 rings (SSSR count). The lowest BCUT2D eigenvalue weighted by atomic mass is 10.0. The first-order valence-electron chi connectivity index (χ1n) is 8.81. The smallest absolute Gasteiger partial charge is 0.170 e. The van der Waals surface area contributed by atoms with Crippen LogP contribution in [0.25, 0.3) is 0 Å². The number of benzene rings is 2. The minimum absolute atomic E-state index is 0.380. The van der Waals surface area contributed by atoms with Gasteiger partial charge in [0.15, 0.2) is 5.11 Å². The van der Waals surface area contributed by atoms with Crippen molar-refractivity contribution < 1.29 is 0 Å². The first-order chi connectivity index (χ1) is 12.0. The third-order valence-electron chi connectivity index (χ3n) is 4.38. The van der Waals surface area contributed by atoms with Crippen LogP contribution in [-0.2, 0) is 6.42 Å². The molecule has 1 atom stereocenters. The molecule has 2 N–H and O–H groups in total. The van der Waals surface area contributed by atoms with Crippen LogP contribution in [0.5, 0.6) is 0 Å². The second-order valence-corrected chi connectivity index (χ2v) is 7.33. The molecule has 0 heterocycles. The maximum Gasteiger partial charge on any atom is 0.170 e. The van der Waals surface area contributed by atoms with E-state index in [9.17, 15) is 0 Å². The van der Waals surface area contributed by atoms with Crippen molar-refractivity contribution in [2.45, 2.75) is 32.2 Å². The Hall–Kier alpha value is -1.91. The zero-order chi connectivity index (χ0) is 18.2. The molecule has 3 nitrogen and oxygen atoms in total. The van der Waals surface area contributed by atoms with E-state index in [1.165, 1.54) is 11.1 Å². The van der Waals surface area contributed by atoms with Crippen molar-refractivity contribution in [3.63, 3.8) is 0 Å². The number of thiocarbonyl (C=S) groups is 1. The van der Waals surface area contributed by atoms with Crippen LogP contribution in [0.3, 0.4) is 0 Å². The lowest BCUT2D eigenvalue weighted by Crippen LogP contribution is -2.42. The number of likely N-dealkylation sites (N-methyl/N-ethyl adjacent to an activating group) is 1. The second kappa shape index (κ2) is 9.54. The van der Waals surface area contributed by atoms with Crippen LogP contribution in [0.4, 0.5) is 5.69 Å². The lowest BCUT2D eigenvalue weighted by Gasteiger charge is -2.25. The van der Waals surface area contributed by atoms with Gasteiger partial charge in [0, 0.05) is 18.3 Å². The van der Waals surface area contributed by atoms with Crippen molar-refractivity contribution in [3.05, 3.63) is 65.7 Å². The van der Waals surface area contributed by atoms with Crippen LogP contribution in [0, 0.1) is 0 Å². The summed E-state index contributed by atoms with van der Waals surface area (Å²) >= 11 is 5.45. The van der Waals surface area contributed by atoms with E-state index in [0.717, 1.165) is 18.7 Å². The maximum absolute atomic E-state index is 5.45. The predicted molar refractivity (Wildman–Crippen MR) is 112 cm³/mol. The topological polar surface area (TPSA) is 27.3 Å². The van der Waals surface area contributed by atoms with Crippen LogP contribution >= 0.6 is 12.2 Å². The minimum atomic E-state index is 0.380. The van der Waals surface area contributed by atoms with E-state index in [2.05, 4.69) is 98.1 Å². The van der Waals surface area contributed by atoms with Crippen LogP contribution < -0.4 is 10.6 Å². The molecule has 0 amide bonds. The zero-order valence-corrected chi connectivity index (χ0v) is 16.4. The van der Waals surface area contributed by atoms with Crippen molar-refractivity contribution in [1.82, 2.24) is 10.2 Å². The van der Waals surface area contributed by atoms with Crippen molar-refractivity contribution >= 4 is 23.0 Å². The van der Waals surface area contributed by atoms with Gasteiger partial charge in [-0.1, -0.05) is 56.3 Å². The fourth-order valence-corrected chi connectivity index (χ4v) is 2.86. The number of anilines is 1. The fraction of sp³-hybridized carbons (Fsp3) is 0.381. The van der Waals surface area contributed by atoms with Gasteiger partial charge in [-0.05, 0) is 61.9 Å². The second-order valence-electron chi connectivity index (χ2n) is 6.92. The van der Waals surface area contributed by atoms with E-state index in [1.54, 1.807) is 0 Å². The molecule has 0 fully saturated rings. The summed E-state index contributed by atoms with van der Waals surface area (Å²) in [4.78, 5) is 2.24. The Labute approximate surface area is 157 Å². The van der Waals surface area contributed by atoms with Gasteiger partial charge in [0.05, 0.1) is 0 Å². The Morgan fingerprint density at radius 2 is 1.64 bits per heavy atom. The number of nitrogens with zero attached hydrogens (tertiary/aromatic N) is 1. The van der Waals surface area contributed by atoms with E-state index in [1.807, 2.05) is 0 Å². The molecule has 25 heavy (non-hydrogen) atoms. The molecule has 0 saturated heterocycles. The van der Waals surface area contributed by atoms with Crippen LogP contribution in [-0.4, -0.2) is 36.7 Å². The molecule has 0 radical (unpaired) electrons. The van der Waals surface area contributed by atoms with Gasteiger partial charge in [0.1, 0.15) is 0 Å². The third kappa shape index (κ3) is 6.48. The largest absolute Gasteiger partial charge is 0.361 e. The molecule has 2 aromatic carbocycles. The average Bonchev–Trinajstić information content (AvgIpc) is 2.59. The highest BCUT2D eigenvalue weighted by molar-refractivity contribution is 7.80. The molecule has 0 aliphatic rings. The fourth-order valence-electron chi connectivity index (χ4n) is 2.66. The molecular formula is C21H29N3S. The van der Waals surface area contributed by atoms with E-state index >= 15 is 0 Å². The maximum atomic E-state index is 5.45. The number of rotatable bonds is 7. The third-order valence-corrected chi connectivity index (χ3v) is 4.62. The van der Waals surface area contributed by atoms with Crippen molar-refractivity contribution in [2.75, 3.05) is 26.0 Å². The highest BCUT2D eigenvalue weighted by Gasteiger charge is 2.12. The number of hydrogen-bond donors (Lipinski definition) is 2. The summed E-state index contributed by atoms with van der Waals surface area (Å²) in [7, 11) is 4.22. The van der Waals surface area contributed by atoms with Gasteiger partial charge in [-0.2, -0.15) is 0 Å². The first-order valence-corrected chi connectivity index (χ1v) is 9.21. The highest BCUT2D eigenvalue weighted by atomic mass is 32.1. The Morgan fingerprint density at radius 1 is 1.00 bits per heavy atom. The van der Waals surface area contributed by atoms with Crippen molar-refractivity contribution in [3.8, 4) is 0 Å². The number of nitrogens with one attached hydrogen (secondary N) is 2. The quantitative estimate of drug-likeness (QED) is 0.725. The predicted octanol–water partition coefficient (Wildman–Crippen LogP) is 4.27. The van der Waals surface area contributed by atoms with Crippen molar-refractivity contribution in [1.29, 1.82) is 0 Å². The monoisotopic (exact) mass is 355 g/mol. The first kappa shape index (κ1) is 19.4. The number of hydrogen-bond acceptors (Lipinski definition) is 2. The van der Waals surface area contributed by atoms with Gasteiger partial charge in [-0.15, -0.1) is 0 Å². The molecule has 4 heteroatoms. The summed E-state index contributed by atoms with van der Waals surface area (Å²) in [6.07, 6.45) is 0.993. The summed E-state index contributed by atoms with van der Waals surface area (Å²) < 4.78 is 0. The van der Waals surface area contributed by atoms with Crippen molar-refractivity contribution in [2.24, 2.45) is 0 Å². The zero-order valence-electron chi connectivity index (χ0n) is 15.6. The molecule has 134 valence electrons. The Morgan fingerprint density at radius 3 is 2.20 bits per heavy atom. The molecule has 0 unspecified atom stereocenters. The van der Waals surface area contributed by atoms with E-state index in [0.29, 0.717) is 17.1 Å². The standard InChI is InChI=1S/C21H29N3S/c1-16(2)18-10-12-19(13-11-18)23-21(25)22-15-20(24(3)4)14-17-8-6-5-7-9-17/h5-13,16,20H,14-15H2,1-4H3,(H2,22,23,25)/t20-/m0/s1. The lowest BCUT2D eigenvalue weighted by molar-refractivity contribution is 0.291. The Kier molecular flexibility index (Phi) is 7.41. The summed E-state index contributed by atoms with van der Waals surface area (Å²) in [5.74, 6) is 0.540. The van der Waals surface area contributed by atoms with E-state index in [4.69, 9.17) is 12.2 Å². The van der Waals surface area contributed by atoms with Gasteiger partial charge in [0.2, 0.25) is 0 Å². The molecule has 0 spiro atoms. The SMILES string of the molecule is CC(C)c1ccc(NC(=S)NC[C@H](Cc2ccccc2)N(C)C)cc1. The van der Waals surface area contributed by atoms with Gasteiger partial charge < -0.3 is 15.5 Å². The molecule has 0 bridgehead atoms. The van der Waals surface area contributed by atoms with Gasteiger partial charge in [0.25, 0.3) is 0 Å². The molecule has 0 aliphatic heterocycles. The van der Waals surface area contributed by atoms with Crippen LogP contribution in [0.1, 0.15) is 30.9 Å². The minimum Gasteiger partial charge on any atom is -0.361 e. The molecule has 0 aliphatic carbocycles. The average molecular weight is 356 g/mol. The summed E-state index contributed by atoms with van der Waals surface area (Å²) in [6.45, 7) is 5.20. The summed E-state index contributed by atoms with van der Waals surface area (Å²) in [5, 5.41) is 7.28. The van der Waals surface area contributed by atoms with Gasteiger partial charge >= 0.3 is 0 Å². The highest BCUT2D eigenvalue weighted by Crippen LogP contribution is 2.17. The van der Waals surface area contributed by atoms with E-state index < -0.39 is 0 Å². The van der Waals surface area contributed by atoms with E-state index in [-0.39, 0.29) is 0 Å². The summed E-state index contributed by atoms with van der Waals surface area (Å²) in [5.41, 5.74) is 3.69. The molecule has 2 aromatic rings. The normalized spacial score (nSPS) is 12.2.